The molecule has 0 bridgehead atoms. The van der Waals surface area contributed by atoms with E-state index in [1.807, 2.05) is 19.9 Å². The van der Waals surface area contributed by atoms with Crippen LogP contribution in [0.2, 0.25) is 0 Å². The van der Waals surface area contributed by atoms with Crippen molar-refractivity contribution in [3.8, 4) is 6.07 Å². The Labute approximate surface area is 124 Å². The Balaban J connectivity index is 1.96. The average molecular weight is 289 g/mol. The van der Waals surface area contributed by atoms with Crippen LogP contribution in [0, 0.1) is 25.2 Å². The van der Waals surface area contributed by atoms with E-state index >= 15 is 0 Å². The van der Waals surface area contributed by atoms with Crippen LogP contribution < -0.4 is 5.32 Å². The van der Waals surface area contributed by atoms with Gasteiger partial charge in [-0.2, -0.15) is 5.26 Å². The molecule has 20 heavy (non-hydrogen) atoms. The summed E-state index contributed by atoms with van der Waals surface area (Å²) in [6, 6.07) is 4.40. The first kappa shape index (κ1) is 14.9. The Bertz CT molecular complexity index is 545. The molecular formula is C15H19N3OS. The van der Waals surface area contributed by atoms with Gasteiger partial charge < -0.3 is 5.32 Å². The van der Waals surface area contributed by atoms with Gasteiger partial charge in [0.25, 0.3) is 0 Å². The zero-order valence-electron chi connectivity index (χ0n) is 11.9. The number of amides is 1. The lowest BCUT2D eigenvalue weighted by Crippen LogP contribution is -2.33. The number of nitrogens with one attached hydrogen (secondary N) is 1. The van der Waals surface area contributed by atoms with Gasteiger partial charge in [0.2, 0.25) is 5.91 Å². The lowest BCUT2D eigenvalue weighted by atomic mass is 10.1. The zero-order chi connectivity index (χ0) is 14.5. The maximum absolute atomic E-state index is 11.9. The van der Waals surface area contributed by atoms with Crippen LogP contribution in [-0.2, 0) is 4.79 Å². The van der Waals surface area contributed by atoms with Crippen molar-refractivity contribution in [2.75, 3.05) is 5.75 Å². The smallest absolute Gasteiger partial charge is 0.230 e. The molecule has 0 saturated heterocycles. The average Bonchev–Trinajstić information content (AvgIpc) is 2.88. The molecule has 106 valence electrons. The third-order valence-corrected chi connectivity index (χ3v) is 4.46. The number of hydrogen-bond donors (Lipinski definition) is 1. The Morgan fingerprint density at radius 1 is 1.50 bits per heavy atom. The molecule has 0 atom stereocenters. The Morgan fingerprint density at radius 2 is 2.20 bits per heavy atom. The predicted octanol–water partition coefficient (Wildman–Crippen LogP) is 2.72. The van der Waals surface area contributed by atoms with Crippen LogP contribution in [0.4, 0.5) is 0 Å². The monoisotopic (exact) mass is 289 g/mol. The van der Waals surface area contributed by atoms with Gasteiger partial charge in [0.05, 0.1) is 11.3 Å². The van der Waals surface area contributed by atoms with Gasteiger partial charge in [-0.1, -0.05) is 24.6 Å². The van der Waals surface area contributed by atoms with Gasteiger partial charge in [0, 0.05) is 11.7 Å². The number of rotatable bonds is 4. The molecule has 1 N–H and O–H groups in total. The van der Waals surface area contributed by atoms with E-state index in [-0.39, 0.29) is 5.91 Å². The number of pyridine rings is 1. The Morgan fingerprint density at radius 3 is 2.85 bits per heavy atom. The van der Waals surface area contributed by atoms with Crippen molar-refractivity contribution in [2.45, 2.75) is 50.6 Å². The lowest BCUT2D eigenvalue weighted by Gasteiger charge is -2.12. The normalized spacial score (nSPS) is 15.1. The molecule has 1 amide bonds. The van der Waals surface area contributed by atoms with E-state index in [0.29, 0.717) is 22.4 Å². The van der Waals surface area contributed by atoms with Gasteiger partial charge in [-0.3, -0.25) is 4.79 Å². The first-order chi connectivity index (χ1) is 9.60. The molecule has 2 rings (SSSR count). The third-order valence-electron chi connectivity index (χ3n) is 3.48. The number of hydrogen-bond acceptors (Lipinski definition) is 4. The molecule has 1 heterocycles. The molecule has 0 radical (unpaired) electrons. The van der Waals surface area contributed by atoms with E-state index in [0.717, 1.165) is 24.1 Å². The largest absolute Gasteiger partial charge is 0.353 e. The molecule has 0 aromatic carbocycles. The lowest BCUT2D eigenvalue weighted by molar-refractivity contribution is -0.119. The Hall–Kier alpha value is -1.54. The van der Waals surface area contributed by atoms with Crippen molar-refractivity contribution in [1.82, 2.24) is 10.3 Å². The second-order valence-electron chi connectivity index (χ2n) is 5.21. The number of thioether (sulfide) groups is 1. The molecule has 1 aromatic heterocycles. The molecule has 1 saturated carbocycles. The SMILES string of the molecule is Cc1cc(C)c(C#N)c(SCC(=O)NC2CCCC2)n1. The van der Waals surface area contributed by atoms with Crippen molar-refractivity contribution >= 4 is 17.7 Å². The number of carbonyl (C=O) groups is 1. The van der Waals surface area contributed by atoms with Gasteiger partial charge in [-0.05, 0) is 38.3 Å². The van der Waals surface area contributed by atoms with Gasteiger partial charge in [-0.15, -0.1) is 0 Å². The molecular weight excluding hydrogens is 270 g/mol. The van der Waals surface area contributed by atoms with Crippen LogP contribution in [0.25, 0.3) is 0 Å². The first-order valence-electron chi connectivity index (χ1n) is 6.90. The standard InChI is InChI=1S/C15H19N3OS/c1-10-7-11(2)17-15(13(10)8-16)20-9-14(19)18-12-5-3-4-6-12/h7,12H,3-6,9H2,1-2H3,(H,18,19). The van der Waals surface area contributed by atoms with Gasteiger partial charge in [-0.25, -0.2) is 4.98 Å². The highest BCUT2D eigenvalue weighted by molar-refractivity contribution is 8.00. The Kier molecular flexibility index (Phi) is 5.02. The van der Waals surface area contributed by atoms with E-state index in [2.05, 4.69) is 16.4 Å². The minimum atomic E-state index is 0.0340. The molecule has 1 aliphatic rings. The summed E-state index contributed by atoms with van der Waals surface area (Å²) in [5.41, 5.74) is 2.37. The second-order valence-corrected chi connectivity index (χ2v) is 6.17. The molecule has 4 nitrogen and oxygen atoms in total. The van der Waals surface area contributed by atoms with Gasteiger partial charge in [0.1, 0.15) is 11.1 Å². The molecule has 1 fully saturated rings. The number of nitriles is 1. The molecule has 0 aliphatic heterocycles. The maximum Gasteiger partial charge on any atom is 0.230 e. The summed E-state index contributed by atoms with van der Waals surface area (Å²) < 4.78 is 0. The second kappa shape index (κ2) is 6.76. The topological polar surface area (TPSA) is 65.8 Å². The van der Waals surface area contributed by atoms with E-state index in [4.69, 9.17) is 0 Å². The highest BCUT2D eigenvalue weighted by Crippen LogP contribution is 2.24. The van der Waals surface area contributed by atoms with Crippen molar-refractivity contribution in [3.63, 3.8) is 0 Å². The molecule has 5 heteroatoms. The summed E-state index contributed by atoms with van der Waals surface area (Å²) in [5.74, 6) is 0.355. The van der Waals surface area contributed by atoms with Crippen LogP contribution in [0.15, 0.2) is 11.1 Å². The summed E-state index contributed by atoms with van der Waals surface area (Å²) in [6.07, 6.45) is 4.58. The van der Waals surface area contributed by atoms with Crippen LogP contribution in [-0.4, -0.2) is 22.7 Å². The number of aromatic nitrogens is 1. The quantitative estimate of drug-likeness (QED) is 0.866. The summed E-state index contributed by atoms with van der Waals surface area (Å²) in [6.45, 7) is 3.80. The molecule has 0 spiro atoms. The van der Waals surface area contributed by atoms with E-state index in [1.54, 1.807) is 0 Å². The molecule has 0 unspecified atom stereocenters. The highest BCUT2D eigenvalue weighted by atomic mass is 32.2. The fourth-order valence-corrected chi connectivity index (χ4v) is 3.43. The predicted molar refractivity (Wildman–Crippen MR) is 79.5 cm³/mol. The van der Waals surface area contributed by atoms with E-state index in [9.17, 15) is 10.1 Å². The van der Waals surface area contributed by atoms with Crippen molar-refractivity contribution in [1.29, 1.82) is 5.26 Å². The van der Waals surface area contributed by atoms with Crippen molar-refractivity contribution in [2.24, 2.45) is 0 Å². The molecule has 1 aliphatic carbocycles. The summed E-state index contributed by atoms with van der Waals surface area (Å²) in [4.78, 5) is 16.3. The van der Waals surface area contributed by atoms with Crippen LogP contribution >= 0.6 is 11.8 Å². The molecule has 1 aromatic rings. The highest BCUT2D eigenvalue weighted by Gasteiger charge is 2.18. The minimum absolute atomic E-state index is 0.0340. The first-order valence-corrected chi connectivity index (χ1v) is 7.89. The fraction of sp³-hybridized carbons (Fsp3) is 0.533. The number of aryl methyl sites for hydroxylation is 2. The van der Waals surface area contributed by atoms with Crippen molar-refractivity contribution < 1.29 is 4.79 Å². The number of carbonyl (C=O) groups excluding carboxylic acids is 1. The van der Waals surface area contributed by atoms with Crippen molar-refractivity contribution in [3.05, 3.63) is 22.9 Å². The number of nitrogens with zero attached hydrogens (tertiary/aromatic N) is 2. The van der Waals surface area contributed by atoms with Gasteiger partial charge in [0.15, 0.2) is 0 Å². The third kappa shape index (κ3) is 3.73. The van der Waals surface area contributed by atoms with Crippen LogP contribution in [0.3, 0.4) is 0 Å². The van der Waals surface area contributed by atoms with E-state index < -0.39 is 0 Å². The fourth-order valence-electron chi connectivity index (χ4n) is 2.52. The van der Waals surface area contributed by atoms with E-state index in [1.165, 1.54) is 24.6 Å². The summed E-state index contributed by atoms with van der Waals surface area (Å²) in [7, 11) is 0. The van der Waals surface area contributed by atoms with Crippen LogP contribution in [0.5, 0.6) is 0 Å². The van der Waals surface area contributed by atoms with Crippen LogP contribution in [0.1, 0.15) is 42.5 Å². The summed E-state index contributed by atoms with van der Waals surface area (Å²) >= 11 is 1.35. The zero-order valence-corrected chi connectivity index (χ0v) is 12.7. The maximum atomic E-state index is 11.9. The summed E-state index contributed by atoms with van der Waals surface area (Å²) in [5, 5.41) is 12.9. The van der Waals surface area contributed by atoms with Gasteiger partial charge >= 0.3 is 0 Å². The minimum Gasteiger partial charge on any atom is -0.353 e.